The highest BCUT2D eigenvalue weighted by Crippen LogP contribution is 2.21. The molecule has 0 saturated heterocycles. The summed E-state index contributed by atoms with van der Waals surface area (Å²) in [4.78, 5) is 0. The van der Waals surface area contributed by atoms with Crippen molar-refractivity contribution in [2.24, 2.45) is 5.92 Å². The summed E-state index contributed by atoms with van der Waals surface area (Å²) in [6.07, 6.45) is 1.21. The minimum absolute atomic E-state index is 0.526. The Morgan fingerprint density at radius 1 is 1.06 bits per heavy atom. The van der Waals surface area contributed by atoms with E-state index in [1.54, 1.807) is 0 Å². The first-order valence-electron chi connectivity index (χ1n) is 6.49. The predicted octanol–water partition coefficient (Wildman–Crippen LogP) is 4.18. The van der Waals surface area contributed by atoms with E-state index in [0.717, 1.165) is 12.5 Å². The SMILES string of the molecule is CC(C)CCn1nc(C(C)C)cc1C(C)C. The fourth-order valence-corrected chi connectivity index (χ4v) is 1.76. The van der Waals surface area contributed by atoms with E-state index in [0.29, 0.717) is 11.8 Å². The maximum absolute atomic E-state index is 4.72. The molecule has 0 bridgehead atoms. The summed E-state index contributed by atoms with van der Waals surface area (Å²) in [5.74, 6) is 1.83. The van der Waals surface area contributed by atoms with Gasteiger partial charge < -0.3 is 0 Å². The van der Waals surface area contributed by atoms with Crippen LogP contribution in [0.5, 0.6) is 0 Å². The van der Waals surface area contributed by atoms with Crippen LogP contribution in [-0.4, -0.2) is 9.78 Å². The number of aromatic nitrogens is 2. The average Bonchev–Trinajstić information content (AvgIpc) is 2.58. The molecule has 0 N–H and O–H groups in total. The lowest BCUT2D eigenvalue weighted by Gasteiger charge is -2.11. The maximum atomic E-state index is 4.72. The van der Waals surface area contributed by atoms with E-state index in [1.807, 2.05) is 0 Å². The summed E-state index contributed by atoms with van der Waals surface area (Å²) in [7, 11) is 0. The van der Waals surface area contributed by atoms with Crippen LogP contribution < -0.4 is 0 Å². The van der Waals surface area contributed by atoms with Gasteiger partial charge in [-0.3, -0.25) is 4.68 Å². The normalized spacial score (nSPS) is 12.1. The van der Waals surface area contributed by atoms with Gasteiger partial charge in [0.1, 0.15) is 0 Å². The highest BCUT2D eigenvalue weighted by molar-refractivity contribution is 5.16. The van der Waals surface area contributed by atoms with Gasteiger partial charge in [-0.15, -0.1) is 0 Å². The predicted molar refractivity (Wildman–Crippen MR) is 69.9 cm³/mol. The van der Waals surface area contributed by atoms with Crippen LogP contribution in [0.4, 0.5) is 0 Å². The lowest BCUT2D eigenvalue weighted by molar-refractivity contribution is 0.466. The van der Waals surface area contributed by atoms with Gasteiger partial charge in [0.15, 0.2) is 0 Å². The Kier molecular flexibility index (Phi) is 4.57. The molecule has 2 nitrogen and oxygen atoms in total. The number of aryl methyl sites for hydroxylation is 1. The minimum Gasteiger partial charge on any atom is -0.269 e. The summed E-state index contributed by atoms with van der Waals surface area (Å²) in [6, 6.07) is 2.27. The van der Waals surface area contributed by atoms with Gasteiger partial charge in [0.05, 0.1) is 5.69 Å². The third-order valence-electron chi connectivity index (χ3n) is 2.93. The van der Waals surface area contributed by atoms with Crippen molar-refractivity contribution in [1.29, 1.82) is 0 Å². The van der Waals surface area contributed by atoms with Crippen molar-refractivity contribution in [2.45, 2.75) is 66.3 Å². The van der Waals surface area contributed by atoms with Gasteiger partial charge in [-0.2, -0.15) is 5.10 Å². The summed E-state index contributed by atoms with van der Waals surface area (Å²) in [5.41, 5.74) is 2.61. The van der Waals surface area contributed by atoms with Gasteiger partial charge in [-0.05, 0) is 30.2 Å². The van der Waals surface area contributed by atoms with Gasteiger partial charge in [-0.1, -0.05) is 41.5 Å². The molecule has 16 heavy (non-hydrogen) atoms. The fourth-order valence-electron chi connectivity index (χ4n) is 1.76. The molecule has 1 rings (SSSR count). The highest BCUT2D eigenvalue weighted by Gasteiger charge is 2.13. The first-order valence-corrected chi connectivity index (χ1v) is 6.49. The maximum Gasteiger partial charge on any atom is 0.0652 e. The quantitative estimate of drug-likeness (QED) is 0.731. The molecule has 92 valence electrons. The van der Waals surface area contributed by atoms with Gasteiger partial charge >= 0.3 is 0 Å². The molecule has 2 heteroatoms. The topological polar surface area (TPSA) is 17.8 Å². The number of hydrogen-bond donors (Lipinski definition) is 0. The Hall–Kier alpha value is -0.790. The molecule has 0 atom stereocenters. The average molecular weight is 222 g/mol. The summed E-state index contributed by atoms with van der Waals surface area (Å²) < 4.78 is 2.21. The zero-order chi connectivity index (χ0) is 12.3. The Morgan fingerprint density at radius 2 is 1.69 bits per heavy atom. The van der Waals surface area contributed by atoms with E-state index in [2.05, 4.69) is 52.3 Å². The van der Waals surface area contributed by atoms with Crippen molar-refractivity contribution in [3.63, 3.8) is 0 Å². The zero-order valence-corrected chi connectivity index (χ0v) is 11.6. The monoisotopic (exact) mass is 222 g/mol. The molecule has 0 aliphatic heterocycles. The molecular weight excluding hydrogens is 196 g/mol. The van der Waals surface area contributed by atoms with Crippen molar-refractivity contribution in [1.82, 2.24) is 9.78 Å². The highest BCUT2D eigenvalue weighted by atomic mass is 15.3. The van der Waals surface area contributed by atoms with Crippen molar-refractivity contribution in [3.8, 4) is 0 Å². The molecule has 0 amide bonds. The minimum atomic E-state index is 0.526. The number of nitrogens with zero attached hydrogens (tertiary/aromatic N) is 2. The number of hydrogen-bond acceptors (Lipinski definition) is 1. The van der Waals surface area contributed by atoms with Crippen LogP contribution in [-0.2, 0) is 6.54 Å². The second-order valence-corrected chi connectivity index (χ2v) is 5.71. The Balaban J connectivity index is 2.87. The lowest BCUT2D eigenvalue weighted by atomic mass is 10.1. The molecule has 0 unspecified atom stereocenters. The largest absolute Gasteiger partial charge is 0.269 e. The Labute approximate surface area is 100 Å². The van der Waals surface area contributed by atoms with E-state index < -0.39 is 0 Å². The van der Waals surface area contributed by atoms with Gasteiger partial charge in [0, 0.05) is 12.2 Å². The zero-order valence-electron chi connectivity index (χ0n) is 11.6. The van der Waals surface area contributed by atoms with E-state index in [4.69, 9.17) is 5.10 Å². The Bertz CT molecular complexity index is 321. The molecule has 1 aromatic heterocycles. The molecular formula is C14H26N2. The molecule has 1 heterocycles. The first kappa shape index (κ1) is 13.3. The van der Waals surface area contributed by atoms with Crippen LogP contribution in [0.1, 0.15) is 71.2 Å². The molecule has 0 spiro atoms. The fraction of sp³-hybridized carbons (Fsp3) is 0.786. The van der Waals surface area contributed by atoms with Gasteiger partial charge in [-0.25, -0.2) is 0 Å². The van der Waals surface area contributed by atoms with E-state index in [9.17, 15) is 0 Å². The van der Waals surface area contributed by atoms with Gasteiger partial charge in [0.25, 0.3) is 0 Å². The molecule has 1 aromatic rings. The standard InChI is InChI=1S/C14H26N2/c1-10(2)7-8-16-14(12(5)6)9-13(15-16)11(3)4/h9-12H,7-8H2,1-6H3. The molecule has 0 aromatic carbocycles. The molecule has 0 saturated carbocycles. The molecule has 0 aliphatic carbocycles. The van der Waals surface area contributed by atoms with Crippen molar-refractivity contribution >= 4 is 0 Å². The first-order chi connectivity index (χ1) is 7.41. The van der Waals surface area contributed by atoms with Gasteiger partial charge in [0.2, 0.25) is 0 Å². The summed E-state index contributed by atoms with van der Waals surface area (Å²) in [6.45, 7) is 14.5. The summed E-state index contributed by atoms with van der Waals surface area (Å²) in [5, 5.41) is 4.72. The van der Waals surface area contributed by atoms with E-state index in [1.165, 1.54) is 17.8 Å². The van der Waals surface area contributed by atoms with Crippen LogP contribution in [0, 0.1) is 5.92 Å². The van der Waals surface area contributed by atoms with Crippen molar-refractivity contribution < 1.29 is 0 Å². The second-order valence-electron chi connectivity index (χ2n) is 5.71. The number of rotatable bonds is 5. The molecule has 0 aliphatic rings. The summed E-state index contributed by atoms with van der Waals surface area (Å²) >= 11 is 0. The third kappa shape index (κ3) is 3.36. The van der Waals surface area contributed by atoms with Crippen molar-refractivity contribution in [3.05, 3.63) is 17.5 Å². The van der Waals surface area contributed by atoms with Crippen LogP contribution in [0.3, 0.4) is 0 Å². The van der Waals surface area contributed by atoms with E-state index >= 15 is 0 Å². The Morgan fingerprint density at radius 3 is 2.12 bits per heavy atom. The van der Waals surface area contributed by atoms with Crippen LogP contribution in [0.15, 0.2) is 6.07 Å². The third-order valence-corrected chi connectivity index (χ3v) is 2.93. The lowest BCUT2D eigenvalue weighted by Crippen LogP contribution is -2.08. The van der Waals surface area contributed by atoms with Crippen LogP contribution in [0.2, 0.25) is 0 Å². The van der Waals surface area contributed by atoms with Crippen LogP contribution >= 0.6 is 0 Å². The molecule has 0 fully saturated rings. The molecule has 0 radical (unpaired) electrons. The smallest absolute Gasteiger partial charge is 0.0652 e. The van der Waals surface area contributed by atoms with Crippen LogP contribution in [0.25, 0.3) is 0 Å². The van der Waals surface area contributed by atoms with E-state index in [-0.39, 0.29) is 0 Å². The second kappa shape index (κ2) is 5.51. The van der Waals surface area contributed by atoms with Crippen molar-refractivity contribution in [2.75, 3.05) is 0 Å².